The van der Waals surface area contributed by atoms with Crippen LogP contribution >= 0.6 is 0 Å². The van der Waals surface area contributed by atoms with Crippen molar-refractivity contribution in [2.24, 2.45) is 0 Å². The van der Waals surface area contributed by atoms with Crippen LogP contribution in [0.4, 0.5) is 4.79 Å². The Hall–Kier alpha value is -1.59. The van der Waals surface area contributed by atoms with Crippen LogP contribution in [-0.4, -0.2) is 41.7 Å². The van der Waals surface area contributed by atoms with Crippen LogP contribution in [0.3, 0.4) is 0 Å². The molecule has 1 heterocycles. The molecule has 2 amide bonds. The highest BCUT2D eigenvalue weighted by Gasteiger charge is 2.22. The molecule has 0 aliphatic carbocycles. The van der Waals surface area contributed by atoms with Gasteiger partial charge in [0.05, 0.1) is 6.61 Å². The van der Waals surface area contributed by atoms with Gasteiger partial charge in [-0.1, -0.05) is 31.2 Å². The standard InChI is InChI=1S/C16H25N3O2/c1-2-19-9-5-8-15(19)11-18-16(21)17-10-13-6-3-4-7-14(13)12-20/h3-4,6-7,15,20H,2,5,8-12H2,1H3,(H2,17,18,21). The number of benzene rings is 1. The van der Waals surface area contributed by atoms with Crippen molar-refractivity contribution < 1.29 is 9.90 Å². The maximum atomic E-state index is 11.9. The van der Waals surface area contributed by atoms with E-state index in [1.165, 1.54) is 6.42 Å². The third-order valence-corrected chi connectivity index (χ3v) is 4.13. The average Bonchev–Trinajstić information content (AvgIpc) is 2.98. The lowest BCUT2D eigenvalue weighted by molar-refractivity contribution is 0.228. The highest BCUT2D eigenvalue weighted by molar-refractivity contribution is 5.73. The molecule has 21 heavy (non-hydrogen) atoms. The highest BCUT2D eigenvalue weighted by Crippen LogP contribution is 2.15. The fourth-order valence-corrected chi connectivity index (χ4v) is 2.88. The summed E-state index contributed by atoms with van der Waals surface area (Å²) in [4.78, 5) is 14.3. The quantitative estimate of drug-likeness (QED) is 0.743. The number of urea groups is 1. The van der Waals surface area contributed by atoms with E-state index in [0.717, 1.165) is 30.6 Å². The summed E-state index contributed by atoms with van der Waals surface area (Å²) in [5, 5.41) is 15.0. The minimum absolute atomic E-state index is 0.00694. The predicted molar refractivity (Wildman–Crippen MR) is 82.9 cm³/mol. The van der Waals surface area contributed by atoms with Gasteiger partial charge in [0.2, 0.25) is 0 Å². The van der Waals surface area contributed by atoms with Crippen molar-refractivity contribution in [3.63, 3.8) is 0 Å². The number of nitrogens with one attached hydrogen (secondary N) is 2. The summed E-state index contributed by atoms with van der Waals surface area (Å²) in [5.41, 5.74) is 1.80. The largest absolute Gasteiger partial charge is 0.392 e. The van der Waals surface area contributed by atoms with Gasteiger partial charge in [-0.25, -0.2) is 4.79 Å². The number of rotatable bonds is 6. The second kappa shape index (κ2) is 8.00. The number of hydrogen-bond acceptors (Lipinski definition) is 3. The van der Waals surface area contributed by atoms with Gasteiger partial charge in [-0.15, -0.1) is 0 Å². The molecular formula is C16H25N3O2. The van der Waals surface area contributed by atoms with E-state index in [0.29, 0.717) is 19.1 Å². The number of carbonyl (C=O) groups is 1. The molecule has 1 atom stereocenters. The molecule has 0 radical (unpaired) electrons. The zero-order valence-electron chi connectivity index (χ0n) is 12.6. The van der Waals surface area contributed by atoms with Gasteiger partial charge in [-0.05, 0) is 37.1 Å². The minimum atomic E-state index is -0.148. The minimum Gasteiger partial charge on any atom is -0.392 e. The third kappa shape index (κ3) is 4.44. The Labute approximate surface area is 126 Å². The summed E-state index contributed by atoms with van der Waals surface area (Å²) in [6.07, 6.45) is 2.37. The number of aliphatic hydroxyl groups is 1. The van der Waals surface area contributed by atoms with Crippen LogP contribution in [0, 0.1) is 0 Å². The summed E-state index contributed by atoms with van der Waals surface area (Å²) in [6, 6.07) is 7.89. The fourth-order valence-electron chi connectivity index (χ4n) is 2.88. The first-order chi connectivity index (χ1) is 10.2. The van der Waals surface area contributed by atoms with Gasteiger partial charge in [0.1, 0.15) is 0 Å². The Balaban J connectivity index is 1.75. The lowest BCUT2D eigenvalue weighted by atomic mass is 10.1. The zero-order valence-corrected chi connectivity index (χ0v) is 12.6. The Morgan fingerprint density at radius 2 is 2.10 bits per heavy atom. The normalized spacial score (nSPS) is 18.7. The van der Waals surface area contributed by atoms with E-state index >= 15 is 0 Å². The molecule has 0 saturated carbocycles. The lowest BCUT2D eigenvalue weighted by Gasteiger charge is -2.23. The summed E-state index contributed by atoms with van der Waals surface area (Å²) in [6.45, 7) is 5.45. The van der Waals surface area contributed by atoms with Gasteiger partial charge in [-0.2, -0.15) is 0 Å². The van der Waals surface area contributed by atoms with E-state index in [1.54, 1.807) is 0 Å². The van der Waals surface area contributed by atoms with E-state index in [1.807, 2.05) is 24.3 Å². The van der Waals surface area contributed by atoms with Crippen LogP contribution in [0.5, 0.6) is 0 Å². The predicted octanol–water partition coefficient (Wildman–Crippen LogP) is 1.46. The molecule has 2 rings (SSSR count). The van der Waals surface area contributed by atoms with Crippen molar-refractivity contribution in [3.05, 3.63) is 35.4 Å². The van der Waals surface area contributed by atoms with Crippen molar-refractivity contribution >= 4 is 6.03 Å². The van der Waals surface area contributed by atoms with Crippen LogP contribution in [0.1, 0.15) is 30.9 Å². The molecule has 116 valence electrons. The molecule has 1 aliphatic heterocycles. The van der Waals surface area contributed by atoms with Crippen molar-refractivity contribution in [1.29, 1.82) is 0 Å². The summed E-state index contributed by atoms with van der Waals surface area (Å²) in [7, 11) is 0. The maximum absolute atomic E-state index is 11.9. The smallest absolute Gasteiger partial charge is 0.315 e. The summed E-state index contributed by atoms with van der Waals surface area (Å²) in [5.74, 6) is 0. The van der Waals surface area contributed by atoms with E-state index < -0.39 is 0 Å². The number of carbonyl (C=O) groups excluding carboxylic acids is 1. The first-order valence-corrected chi connectivity index (χ1v) is 7.68. The summed E-state index contributed by atoms with van der Waals surface area (Å²) >= 11 is 0. The average molecular weight is 291 g/mol. The Bertz CT molecular complexity index is 465. The van der Waals surface area contributed by atoms with Crippen LogP contribution in [0.2, 0.25) is 0 Å². The Morgan fingerprint density at radius 3 is 2.81 bits per heavy atom. The van der Waals surface area contributed by atoms with Crippen LogP contribution in [0.25, 0.3) is 0 Å². The topological polar surface area (TPSA) is 64.6 Å². The third-order valence-electron chi connectivity index (χ3n) is 4.13. The molecule has 1 unspecified atom stereocenters. The fraction of sp³-hybridized carbons (Fsp3) is 0.562. The van der Waals surface area contributed by atoms with Crippen molar-refractivity contribution in [3.8, 4) is 0 Å². The molecule has 1 aromatic carbocycles. The molecule has 3 N–H and O–H groups in total. The Morgan fingerprint density at radius 1 is 1.33 bits per heavy atom. The number of hydrogen-bond donors (Lipinski definition) is 3. The monoisotopic (exact) mass is 291 g/mol. The second-order valence-corrected chi connectivity index (χ2v) is 5.42. The van der Waals surface area contributed by atoms with Crippen molar-refractivity contribution in [2.45, 2.75) is 39.0 Å². The van der Waals surface area contributed by atoms with Crippen LogP contribution in [0.15, 0.2) is 24.3 Å². The number of nitrogens with zero attached hydrogens (tertiary/aromatic N) is 1. The zero-order chi connectivity index (χ0) is 15.1. The van der Waals surface area contributed by atoms with Gasteiger partial charge in [0.25, 0.3) is 0 Å². The summed E-state index contributed by atoms with van der Waals surface area (Å²) < 4.78 is 0. The molecule has 1 aromatic rings. The second-order valence-electron chi connectivity index (χ2n) is 5.42. The van der Waals surface area contributed by atoms with Crippen molar-refractivity contribution in [2.75, 3.05) is 19.6 Å². The molecule has 1 saturated heterocycles. The molecular weight excluding hydrogens is 266 g/mol. The van der Waals surface area contributed by atoms with E-state index in [9.17, 15) is 9.90 Å². The van der Waals surface area contributed by atoms with Crippen molar-refractivity contribution in [1.82, 2.24) is 15.5 Å². The van der Waals surface area contributed by atoms with E-state index in [4.69, 9.17) is 0 Å². The molecule has 0 bridgehead atoms. The molecule has 1 fully saturated rings. The first-order valence-electron chi connectivity index (χ1n) is 7.68. The number of likely N-dealkylation sites (tertiary alicyclic amines) is 1. The molecule has 0 aromatic heterocycles. The van der Waals surface area contributed by atoms with Crippen LogP contribution < -0.4 is 10.6 Å². The van der Waals surface area contributed by atoms with Gasteiger partial charge < -0.3 is 15.7 Å². The van der Waals surface area contributed by atoms with Gasteiger partial charge >= 0.3 is 6.03 Å². The van der Waals surface area contributed by atoms with Gasteiger partial charge in [-0.3, -0.25) is 4.90 Å². The number of amides is 2. The number of aliphatic hydroxyl groups excluding tert-OH is 1. The van der Waals surface area contributed by atoms with Gasteiger partial charge in [0, 0.05) is 19.1 Å². The number of likely N-dealkylation sites (N-methyl/N-ethyl adjacent to an activating group) is 1. The van der Waals surface area contributed by atoms with Crippen LogP contribution in [-0.2, 0) is 13.2 Å². The first kappa shape index (κ1) is 15.8. The van der Waals surface area contributed by atoms with Gasteiger partial charge in [0.15, 0.2) is 0 Å². The molecule has 0 spiro atoms. The van der Waals surface area contributed by atoms with E-state index in [-0.39, 0.29) is 12.6 Å². The molecule has 1 aliphatic rings. The Kier molecular flexibility index (Phi) is 6.02. The van der Waals surface area contributed by atoms with E-state index in [2.05, 4.69) is 22.5 Å². The SMILES string of the molecule is CCN1CCCC1CNC(=O)NCc1ccccc1CO. The molecule has 5 nitrogen and oxygen atoms in total. The lowest BCUT2D eigenvalue weighted by Crippen LogP contribution is -2.43. The maximum Gasteiger partial charge on any atom is 0.315 e. The molecule has 5 heteroatoms. The highest BCUT2D eigenvalue weighted by atomic mass is 16.3.